The third kappa shape index (κ3) is 3.83. The Morgan fingerprint density at radius 2 is 1.91 bits per heavy atom. The SMILES string of the molecule is CC(=O)COC(=O)O[C@H]1CC[C@@]2(C)C(=CC[C@H]3C4CC=C(c5cccnc5)[C@@]4(C)CC[C@@H]32)C1. The van der Waals surface area contributed by atoms with E-state index in [2.05, 4.69) is 37.0 Å². The maximum absolute atomic E-state index is 12.0. The molecule has 0 bridgehead atoms. The summed E-state index contributed by atoms with van der Waals surface area (Å²) in [6, 6.07) is 4.26. The number of ether oxygens (including phenoxy) is 2. The van der Waals surface area contributed by atoms with Crippen LogP contribution in [-0.2, 0) is 14.3 Å². The summed E-state index contributed by atoms with van der Waals surface area (Å²) in [5.74, 6) is 1.88. The zero-order valence-corrected chi connectivity index (χ0v) is 20.0. The van der Waals surface area contributed by atoms with Gasteiger partial charge in [-0.2, -0.15) is 0 Å². The molecule has 4 aliphatic rings. The Bertz CT molecular complexity index is 998. The molecular weight excluding hydrogens is 414 g/mol. The summed E-state index contributed by atoms with van der Waals surface area (Å²) >= 11 is 0. The van der Waals surface area contributed by atoms with Crippen LogP contribution in [0.3, 0.4) is 0 Å². The Balaban J connectivity index is 1.30. The van der Waals surface area contributed by atoms with Crippen molar-refractivity contribution in [3.63, 3.8) is 0 Å². The Kier molecular flexibility index (Phi) is 5.70. The van der Waals surface area contributed by atoms with Crippen molar-refractivity contribution in [2.45, 2.75) is 71.8 Å². The van der Waals surface area contributed by atoms with Crippen LogP contribution < -0.4 is 0 Å². The minimum absolute atomic E-state index is 0.153. The molecule has 2 fully saturated rings. The Labute approximate surface area is 196 Å². The van der Waals surface area contributed by atoms with Gasteiger partial charge in [-0.3, -0.25) is 9.78 Å². The zero-order chi connectivity index (χ0) is 23.2. The number of hydrogen-bond donors (Lipinski definition) is 0. The van der Waals surface area contributed by atoms with Gasteiger partial charge in [-0.1, -0.05) is 37.6 Å². The van der Waals surface area contributed by atoms with Crippen molar-refractivity contribution < 1.29 is 19.1 Å². The highest BCUT2D eigenvalue weighted by Crippen LogP contribution is 2.66. The Morgan fingerprint density at radius 3 is 2.67 bits per heavy atom. The summed E-state index contributed by atoms with van der Waals surface area (Å²) in [7, 11) is 0. The summed E-state index contributed by atoms with van der Waals surface area (Å²) in [4.78, 5) is 27.4. The van der Waals surface area contributed by atoms with E-state index in [4.69, 9.17) is 9.47 Å². The van der Waals surface area contributed by atoms with Crippen molar-refractivity contribution in [2.75, 3.05) is 6.61 Å². The molecule has 1 aromatic heterocycles. The minimum Gasteiger partial charge on any atom is -0.431 e. The third-order valence-electron chi connectivity index (χ3n) is 9.27. The molecule has 5 rings (SSSR count). The summed E-state index contributed by atoms with van der Waals surface area (Å²) in [5, 5.41) is 0. The average Bonchev–Trinajstić information content (AvgIpc) is 3.16. The number of carbonyl (C=O) groups excluding carboxylic acids is 2. The van der Waals surface area contributed by atoms with Crippen molar-refractivity contribution in [3.05, 3.63) is 47.8 Å². The molecule has 4 aliphatic carbocycles. The highest BCUT2D eigenvalue weighted by atomic mass is 16.7. The fourth-order valence-corrected chi connectivity index (χ4v) is 7.60. The molecule has 5 nitrogen and oxygen atoms in total. The van der Waals surface area contributed by atoms with E-state index in [-0.39, 0.29) is 29.3 Å². The number of allylic oxidation sites excluding steroid dienone is 3. The maximum Gasteiger partial charge on any atom is 0.508 e. The fraction of sp³-hybridized carbons (Fsp3) is 0.607. The van der Waals surface area contributed by atoms with Gasteiger partial charge in [-0.05, 0) is 91.2 Å². The van der Waals surface area contributed by atoms with E-state index < -0.39 is 6.16 Å². The van der Waals surface area contributed by atoms with Crippen molar-refractivity contribution in [3.8, 4) is 0 Å². The van der Waals surface area contributed by atoms with Gasteiger partial charge in [0.25, 0.3) is 0 Å². The number of rotatable bonds is 4. The van der Waals surface area contributed by atoms with E-state index in [1.807, 2.05) is 18.5 Å². The Morgan fingerprint density at radius 1 is 1.09 bits per heavy atom. The van der Waals surface area contributed by atoms with Crippen LogP contribution in [0.4, 0.5) is 4.79 Å². The number of Topliss-reactive ketones (excluding diaryl/α,β-unsaturated/α-hetero) is 1. The second-order valence-corrected chi connectivity index (χ2v) is 11.0. The predicted octanol–water partition coefficient (Wildman–Crippen LogP) is 6.15. The first-order valence-corrected chi connectivity index (χ1v) is 12.4. The van der Waals surface area contributed by atoms with Gasteiger partial charge < -0.3 is 9.47 Å². The van der Waals surface area contributed by atoms with E-state index in [0.717, 1.165) is 32.1 Å². The molecule has 33 heavy (non-hydrogen) atoms. The van der Waals surface area contributed by atoms with Gasteiger partial charge in [0, 0.05) is 18.8 Å². The monoisotopic (exact) mass is 449 g/mol. The molecule has 2 saturated carbocycles. The van der Waals surface area contributed by atoms with Gasteiger partial charge in [0.15, 0.2) is 12.4 Å². The van der Waals surface area contributed by atoms with Crippen LogP contribution in [0.2, 0.25) is 0 Å². The molecule has 0 saturated heterocycles. The first kappa shape index (κ1) is 22.4. The summed E-state index contributed by atoms with van der Waals surface area (Å²) < 4.78 is 10.5. The van der Waals surface area contributed by atoms with Crippen LogP contribution in [0.25, 0.3) is 5.57 Å². The summed E-state index contributed by atoms with van der Waals surface area (Å²) in [5.41, 5.74) is 4.66. The highest BCUT2D eigenvalue weighted by molar-refractivity contribution is 5.78. The van der Waals surface area contributed by atoms with Crippen LogP contribution in [0.15, 0.2) is 42.3 Å². The van der Waals surface area contributed by atoms with Gasteiger partial charge in [0.05, 0.1) is 0 Å². The summed E-state index contributed by atoms with van der Waals surface area (Å²) in [6.07, 6.45) is 15.4. The number of fused-ring (bicyclic) bond motifs is 5. The summed E-state index contributed by atoms with van der Waals surface area (Å²) in [6.45, 7) is 6.12. The van der Waals surface area contributed by atoms with Crippen LogP contribution in [0.5, 0.6) is 0 Å². The maximum atomic E-state index is 12.0. The molecule has 0 aromatic carbocycles. The van der Waals surface area contributed by atoms with Crippen LogP contribution in [0.1, 0.15) is 71.3 Å². The lowest BCUT2D eigenvalue weighted by Gasteiger charge is -2.57. The van der Waals surface area contributed by atoms with E-state index in [1.165, 1.54) is 36.5 Å². The molecule has 1 heterocycles. The van der Waals surface area contributed by atoms with Crippen molar-refractivity contribution in [1.82, 2.24) is 4.98 Å². The molecule has 5 heteroatoms. The molecule has 176 valence electrons. The van der Waals surface area contributed by atoms with Crippen LogP contribution in [-0.4, -0.2) is 29.6 Å². The largest absolute Gasteiger partial charge is 0.508 e. The van der Waals surface area contributed by atoms with Gasteiger partial charge in [-0.25, -0.2) is 4.79 Å². The van der Waals surface area contributed by atoms with Crippen molar-refractivity contribution in [2.24, 2.45) is 28.6 Å². The smallest absolute Gasteiger partial charge is 0.431 e. The zero-order valence-electron chi connectivity index (χ0n) is 20.0. The van der Waals surface area contributed by atoms with Gasteiger partial charge in [0.2, 0.25) is 0 Å². The quantitative estimate of drug-likeness (QED) is 0.407. The van der Waals surface area contributed by atoms with E-state index in [0.29, 0.717) is 17.8 Å². The van der Waals surface area contributed by atoms with Crippen LogP contribution >= 0.6 is 0 Å². The van der Waals surface area contributed by atoms with Crippen molar-refractivity contribution >= 4 is 17.5 Å². The average molecular weight is 450 g/mol. The van der Waals surface area contributed by atoms with Gasteiger partial charge >= 0.3 is 6.16 Å². The lowest BCUT2D eigenvalue weighted by Crippen LogP contribution is -2.50. The topological polar surface area (TPSA) is 65.5 Å². The third-order valence-corrected chi connectivity index (χ3v) is 9.27. The van der Waals surface area contributed by atoms with Gasteiger partial charge in [0.1, 0.15) is 6.10 Å². The molecule has 1 unspecified atom stereocenters. The second kappa shape index (κ2) is 8.41. The van der Waals surface area contributed by atoms with Crippen LogP contribution in [0, 0.1) is 28.6 Å². The first-order chi connectivity index (χ1) is 15.8. The molecular formula is C28H35NO4. The molecule has 1 aromatic rings. The van der Waals surface area contributed by atoms with Crippen molar-refractivity contribution in [1.29, 1.82) is 0 Å². The molecule has 0 N–H and O–H groups in total. The number of nitrogens with zero attached hydrogens (tertiary/aromatic N) is 1. The highest BCUT2D eigenvalue weighted by Gasteiger charge is 2.57. The van der Waals surface area contributed by atoms with E-state index in [9.17, 15) is 9.59 Å². The number of aromatic nitrogens is 1. The molecule has 6 atom stereocenters. The number of ketones is 1. The number of pyridine rings is 1. The standard InChI is InChI=1S/C28H35NO4/c1-18(30)17-32-26(31)33-21-10-12-27(2)20(15-21)6-7-22-24-9-8-23(19-5-4-14-29-16-19)28(24,3)13-11-25(22)27/h4-6,8,14,16,21-22,24-25H,7,9-13,15,17H2,1-3H3/t21-,22-,24?,25-,27-,28+/m0/s1. The number of hydrogen-bond acceptors (Lipinski definition) is 5. The second-order valence-electron chi connectivity index (χ2n) is 11.0. The Hall–Kier alpha value is -2.43. The minimum atomic E-state index is -0.721. The molecule has 0 amide bonds. The predicted molar refractivity (Wildman–Crippen MR) is 126 cm³/mol. The molecule has 0 spiro atoms. The van der Waals surface area contributed by atoms with Gasteiger partial charge in [-0.15, -0.1) is 0 Å². The molecule has 0 radical (unpaired) electrons. The van der Waals surface area contributed by atoms with E-state index in [1.54, 1.807) is 0 Å². The molecule has 0 aliphatic heterocycles. The lowest BCUT2D eigenvalue weighted by atomic mass is 9.47. The lowest BCUT2D eigenvalue weighted by molar-refractivity contribution is -0.121. The van der Waals surface area contributed by atoms with E-state index >= 15 is 0 Å². The fourth-order valence-electron chi connectivity index (χ4n) is 7.60. The normalized spacial score (nSPS) is 37.1. The first-order valence-electron chi connectivity index (χ1n) is 12.4. The number of carbonyl (C=O) groups is 2.